The van der Waals surface area contributed by atoms with Gasteiger partial charge in [0.1, 0.15) is 27.2 Å². The minimum Gasteiger partial charge on any atom is -0.456 e. The SMILES string of the molecule is NC(=S)c1cc(Oc2cccc(Cl)c2Cl)ccn1. The second-order valence-electron chi connectivity index (χ2n) is 3.40. The molecule has 1 heterocycles. The van der Waals surface area contributed by atoms with Gasteiger partial charge in [0.15, 0.2) is 0 Å². The number of nitrogens with two attached hydrogens (primary N) is 1. The molecular formula is C12H8Cl2N2OS. The van der Waals surface area contributed by atoms with Gasteiger partial charge < -0.3 is 10.5 Å². The minimum absolute atomic E-state index is 0.206. The Balaban J connectivity index is 2.31. The van der Waals surface area contributed by atoms with Crippen LogP contribution in [0, 0.1) is 0 Å². The van der Waals surface area contributed by atoms with Gasteiger partial charge in [-0.05, 0) is 18.2 Å². The van der Waals surface area contributed by atoms with Crippen molar-refractivity contribution in [3.8, 4) is 11.5 Å². The topological polar surface area (TPSA) is 48.1 Å². The van der Waals surface area contributed by atoms with E-state index in [9.17, 15) is 0 Å². The van der Waals surface area contributed by atoms with Gasteiger partial charge >= 0.3 is 0 Å². The Kier molecular flexibility index (Phi) is 4.01. The highest BCUT2D eigenvalue weighted by Gasteiger charge is 2.07. The summed E-state index contributed by atoms with van der Waals surface area (Å²) in [5.41, 5.74) is 5.98. The summed E-state index contributed by atoms with van der Waals surface area (Å²) in [7, 11) is 0. The van der Waals surface area contributed by atoms with Gasteiger partial charge in [0.05, 0.1) is 5.02 Å². The molecule has 0 amide bonds. The number of ether oxygens (including phenoxy) is 1. The lowest BCUT2D eigenvalue weighted by Crippen LogP contribution is -2.11. The number of hydrogen-bond donors (Lipinski definition) is 1. The molecule has 2 rings (SSSR count). The van der Waals surface area contributed by atoms with Crippen molar-refractivity contribution >= 4 is 40.4 Å². The van der Waals surface area contributed by atoms with E-state index in [1.165, 1.54) is 0 Å². The van der Waals surface area contributed by atoms with Crippen LogP contribution in [0.15, 0.2) is 36.5 Å². The van der Waals surface area contributed by atoms with Crippen LogP contribution < -0.4 is 10.5 Å². The molecule has 0 unspecified atom stereocenters. The van der Waals surface area contributed by atoms with Crippen molar-refractivity contribution in [1.82, 2.24) is 4.98 Å². The van der Waals surface area contributed by atoms with Crippen LogP contribution >= 0.6 is 35.4 Å². The van der Waals surface area contributed by atoms with Crippen molar-refractivity contribution in [3.63, 3.8) is 0 Å². The molecule has 0 aliphatic rings. The Morgan fingerprint density at radius 2 is 2.06 bits per heavy atom. The Morgan fingerprint density at radius 3 is 2.78 bits per heavy atom. The number of halogens is 2. The van der Waals surface area contributed by atoms with Gasteiger partial charge in [0.2, 0.25) is 0 Å². The van der Waals surface area contributed by atoms with Crippen LogP contribution in [-0.2, 0) is 0 Å². The van der Waals surface area contributed by atoms with E-state index in [1.54, 1.807) is 36.5 Å². The molecule has 0 radical (unpaired) electrons. The highest BCUT2D eigenvalue weighted by atomic mass is 35.5. The summed E-state index contributed by atoms with van der Waals surface area (Å²) in [6.45, 7) is 0. The lowest BCUT2D eigenvalue weighted by Gasteiger charge is -2.08. The third-order valence-electron chi connectivity index (χ3n) is 2.13. The fraction of sp³-hybridized carbons (Fsp3) is 0. The molecule has 0 atom stereocenters. The number of benzene rings is 1. The molecule has 92 valence electrons. The quantitative estimate of drug-likeness (QED) is 0.875. The Morgan fingerprint density at radius 1 is 1.28 bits per heavy atom. The average molecular weight is 299 g/mol. The largest absolute Gasteiger partial charge is 0.456 e. The van der Waals surface area contributed by atoms with Crippen LogP contribution in [0.4, 0.5) is 0 Å². The summed E-state index contributed by atoms with van der Waals surface area (Å²) >= 11 is 16.8. The van der Waals surface area contributed by atoms with E-state index in [1.807, 2.05) is 0 Å². The molecule has 6 heteroatoms. The fourth-order valence-electron chi connectivity index (χ4n) is 1.30. The molecule has 0 saturated heterocycles. The lowest BCUT2D eigenvalue weighted by molar-refractivity contribution is 0.482. The van der Waals surface area contributed by atoms with Crippen LogP contribution in [0.3, 0.4) is 0 Å². The predicted molar refractivity (Wildman–Crippen MR) is 76.7 cm³/mol. The first kappa shape index (κ1) is 13.1. The third-order valence-corrected chi connectivity index (χ3v) is 3.14. The summed E-state index contributed by atoms with van der Waals surface area (Å²) in [6.07, 6.45) is 1.56. The van der Waals surface area contributed by atoms with Crippen LogP contribution in [0.25, 0.3) is 0 Å². The van der Waals surface area contributed by atoms with Gasteiger partial charge in [0, 0.05) is 12.3 Å². The van der Waals surface area contributed by atoms with Crippen LogP contribution in [-0.4, -0.2) is 9.97 Å². The molecule has 2 aromatic rings. The minimum atomic E-state index is 0.206. The fourth-order valence-corrected chi connectivity index (χ4v) is 1.74. The van der Waals surface area contributed by atoms with Crippen LogP contribution in [0.1, 0.15) is 5.69 Å². The van der Waals surface area contributed by atoms with Crippen molar-refractivity contribution in [2.45, 2.75) is 0 Å². The molecule has 0 bridgehead atoms. The summed E-state index contributed by atoms with van der Waals surface area (Å²) < 4.78 is 5.61. The number of nitrogens with zero attached hydrogens (tertiary/aromatic N) is 1. The van der Waals surface area contributed by atoms with Crippen molar-refractivity contribution in [2.24, 2.45) is 5.73 Å². The lowest BCUT2D eigenvalue weighted by atomic mass is 10.3. The van der Waals surface area contributed by atoms with Crippen LogP contribution in [0.5, 0.6) is 11.5 Å². The molecule has 3 nitrogen and oxygen atoms in total. The molecule has 1 aromatic heterocycles. The maximum atomic E-state index is 6.02. The molecule has 1 aromatic carbocycles. The van der Waals surface area contributed by atoms with Gasteiger partial charge in [-0.3, -0.25) is 4.98 Å². The van der Waals surface area contributed by atoms with E-state index in [-0.39, 0.29) is 4.99 Å². The first-order valence-electron chi connectivity index (χ1n) is 4.95. The molecule has 18 heavy (non-hydrogen) atoms. The van der Waals surface area contributed by atoms with E-state index in [2.05, 4.69) is 4.98 Å². The van der Waals surface area contributed by atoms with Crippen molar-refractivity contribution in [3.05, 3.63) is 52.3 Å². The van der Waals surface area contributed by atoms with Gasteiger partial charge in [-0.25, -0.2) is 0 Å². The van der Waals surface area contributed by atoms with Gasteiger partial charge in [-0.2, -0.15) is 0 Å². The van der Waals surface area contributed by atoms with Crippen molar-refractivity contribution < 1.29 is 4.74 Å². The maximum absolute atomic E-state index is 6.02. The maximum Gasteiger partial charge on any atom is 0.147 e. The highest BCUT2D eigenvalue weighted by Crippen LogP contribution is 2.34. The predicted octanol–water partition coefficient (Wildman–Crippen LogP) is 3.81. The summed E-state index contributed by atoms with van der Waals surface area (Å²) in [5, 5.41) is 0.783. The Labute approximate surface area is 119 Å². The molecule has 0 aliphatic heterocycles. The van der Waals surface area contributed by atoms with E-state index >= 15 is 0 Å². The monoisotopic (exact) mass is 298 g/mol. The van der Waals surface area contributed by atoms with Crippen molar-refractivity contribution in [2.75, 3.05) is 0 Å². The Bertz CT molecular complexity index is 604. The number of rotatable bonds is 3. The zero-order valence-corrected chi connectivity index (χ0v) is 11.4. The number of aromatic nitrogens is 1. The van der Waals surface area contributed by atoms with E-state index in [4.69, 9.17) is 45.9 Å². The van der Waals surface area contributed by atoms with Crippen molar-refractivity contribution in [1.29, 1.82) is 0 Å². The van der Waals surface area contributed by atoms with E-state index in [0.717, 1.165) is 0 Å². The second kappa shape index (κ2) is 5.52. The van der Waals surface area contributed by atoms with Gasteiger partial charge in [-0.15, -0.1) is 0 Å². The number of hydrogen-bond acceptors (Lipinski definition) is 3. The summed E-state index contributed by atoms with van der Waals surface area (Å²) in [5.74, 6) is 1.00. The van der Waals surface area contributed by atoms with Gasteiger partial charge in [0.25, 0.3) is 0 Å². The molecule has 0 fully saturated rings. The van der Waals surface area contributed by atoms with Gasteiger partial charge in [-0.1, -0.05) is 41.5 Å². The number of pyridine rings is 1. The number of thiocarbonyl (C=S) groups is 1. The molecular weight excluding hydrogens is 291 g/mol. The molecule has 0 aliphatic carbocycles. The summed E-state index contributed by atoms with van der Waals surface area (Å²) in [6, 6.07) is 8.47. The molecule has 0 spiro atoms. The highest BCUT2D eigenvalue weighted by molar-refractivity contribution is 7.80. The standard InChI is InChI=1S/C12H8Cl2N2OS/c13-8-2-1-3-10(11(8)14)17-7-4-5-16-9(6-7)12(15)18/h1-6H,(H2,15,18). The zero-order valence-electron chi connectivity index (χ0n) is 9.06. The smallest absolute Gasteiger partial charge is 0.147 e. The van der Waals surface area contributed by atoms with Crippen LogP contribution in [0.2, 0.25) is 10.0 Å². The average Bonchev–Trinajstić information content (AvgIpc) is 2.35. The van der Waals surface area contributed by atoms with E-state index < -0.39 is 0 Å². The molecule has 0 saturated carbocycles. The first-order chi connectivity index (χ1) is 8.58. The normalized spacial score (nSPS) is 10.1. The molecule has 2 N–H and O–H groups in total. The van der Waals surface area contributed by atoms with E-state index in [0.29, 0.717) is 27.2 Å². The zero-order chi connectivity index (χ0) is 13.1. The first-order valence-corrected chi connectivity index (χ1v) is 6.12. The summed E-state index contributed by atoms with van der Waals surface area (Å²) in [4.78, 5) is 4.22. The third kappa shape index (κ3) is 2.90. The second-order valence-corrected chi connectivity index (χ2v) is 4.62. The Hall–Kier alpha value is -1.36.